The second-order valence-corrected chi connectivity index (χ2v) is 2.68. The van der Waals surface area contributed by atoms with E-state index in [4.69, 9.17) is 38.5 Å². The summed E-state index contributed by atoms with van der Waals surface area (Å²) in [6.07, 6.45) is 0. The standard InChI is InChI=1S/4Mg.2H3O4P/c;;;;2*1-5(2,3)4/h;;;;2*(H3,1,2,3,4)/q4*+2;;/p-6. The van der Waals surface area contributed by atoms with Gasteiger partial charge in [0.2, 0.25) is 0 Å². The van der Waals surface area contributed by atoms with E-state index < -0.39 is 15.6 Å². The van der Waals surface area contributed by atoms with Crippen LogP contribution in [0.1, 0.15) is 0 Å². The van der Waals surface area contributed by atoms with Crippen LogP contribution in [0.15, 0.2) is 0 Å². The van der Waals surface area contributed by atoms with Gasteiger partial charge in [-0.2, -0.15) is 15.6 Å². The van der Waals surface area contributed by atoms with E-state index in [1.165, 1.54) is 0 Å². The third-order valence-electron chi connectivity index (χ3n) is 0. The van der Waals surface area contributed by atoms with E-state index in [1.807, 2.05) is 0 Å². The minimum absolute atomic E-state index is 0. The first-order valence-corrected chi connectivity index (χ1v) is 4.38. The predicted octanol–water partition coefficient (Wildman–Crippen LogP) is -7.17. The maximum atomic E-state index is 8.55. The van der Waals surface area contributed by atoms with Gasteiger partial charge in [-0.05, 0) is 0 Å². The molecule has 0 N–H and O–H groups in total. The largest absolute Gasteiger partial charge is 2.00 e. The fourth-order valence-electron chi connectivity index (χ4n) is 0. The first-order valence-electron chi connectivity index (χ1n) is 1.46. The third-order valence-corrected chi connectivity index (χ3v) is 0. The van der Waals surface area contributed by atoms with Gasteiger partial charge in [0.25, 0.3) is 0 Å². The Labute approximate surface area is 144 Å². The van der Waals surface area contributed by atoms with Crippen molar-refractivity contribution in [1.29, 1.82) is 0 Å². The van der Waals surface area contributed by atoms with Crippen molar-refractivity contribution in [2.45, 2.75) is 0 Å². The Kier molecular flexibility index (Phi) is 41.9. The van der Waals surface area contributed by atoms with Crippen molar-refractivity contribution in [3.05, 3.63) is 0 Å². The molecule has 0 saturated carbocycles. The van der Waals surface area contributed by atoms with E-state index in [-0.39, 0.29) is 92.2 Å². The van der Waals surface area contributed by atoms with Crippen LogP contribution in [-0.4, -0.2) is 92.2 Å². The quantitative estimate of drug-likeness (QED) is 0.312. The van der Waals surface area contributed by atoms with Gasteiger partial charge >= 0.3 is 92.2 Å². The Bertz CT molecular complexity index is 132. The molecule has 0 aromatic heterocycles. The zero-order valence-corrected chi connectivity index (χ0v) is 14.4. The van der Waals surface area contributed by atoms with Crippen molar-refractivity contribution in [1.82, 2.24) is 0 Å². The molecule has 0 aliphatic heterocycles. The molecule has 0 spiro atoms. The molecular weight excluding hydrogens is 287 g/mol. The predicted molar refractivity (Wildman–Crippen MR) is 38.2 cm³/mol. The van der Waals surface area contributed by atoms with Gasteiger partial charge in [-0.15, -0.1) is 0 Å². The number of rotatable bonds is 0. The molecule has 0 atom stereocenters. The topological polar surface area (TPSA) is 172 Å². The molecule has 0 rings (SSSR count). The molecule has 64 valence electrons. The first kappa shape index (κ1) is 36.0. The van der Waals surface area contributed by atoms with Crippen molar-refractivity contribution >= 4 is 108 Å². The average Bonchev–Trinajstić information content (AvgIpc) is 1.12. The molecule has 14 heavy (non-hydrogen) atoms. The van der Waals surface area contributed by atoms with E-state index in [0.717, 1.165) is 0 Å². The molecule has 0 amide bonds. The van der Waals surface area contributed by atoms with E-state index in [0.29, 0.717) is 0 Å². The Hall–Kier alpha value is 3.28. The van der Waals surface area contributed by atoms with Crippen LogP contribution in [0.5, 0.6) is 0 Å². The van der Waals surface area contributed by atoms with Crippen LogP contribution >= 0.6 is 15.6 Å². The molecule has 0 saturated heterocycles. The number of phosphoric acid groups is 2. The zero-order valence-electron chi connectivity index (χ0n) is 6.99. The van der Waals surface area contributed by atoms with Crippen molar-refractivity contribution in [3.8, 4) is 0 Å². The first-order chi connectivity index (χ1) is 4.00. The second kappa shape index (κ2) is 16.3. The molecule has 0 aromatic rings. The minimum Gasteiger partial charge on any atom is -0.822 e. The van der Waals surface area contributed by atoms with Crippen molar-refractivity contribution in [3.63, 3.8) is 0 Å². The van der Waals surface area contributed by atoms with E-state index >= 15 is 0 Å². The molecular formula is Mg4O8P2+2. The molecule has 0 aliphatic rings. The Morgan fingerprint density at radius 3 is 0.500 bits per heavy atom. The van der Waals surface area contributed by atoms with Gasteiger partial charge < -0.3 is 38.5 Å². The molecule has 0 aliphatic carbocycles. The SMILES string of the molecule is O=P([O-])([O-])[O-].O=P([O-])([O-])[O-].[Mg+2].[Mg+2].[Mg+2].[Mg+2]. The summed E-state index contributed by atoms with van der Waals surface area (Å²) in [5.74, 6) is 0. The van der Waals surface area contributed by atoms with Gasteiger partial charge in [-0.25, -0.2) is 0 Å². The van der Waals surface area contributed by atoms with Gasteiger partial charge in [-0.3, -0.25) is 0 Å². The summed E-state index contributed by atoms with van der Waals surface area (Å²) in [6, 6.07) is 0. The van der Waals surface area contributed by atoms with Gasteiger partial charge in [0, 0.05) is 0 Å². The van der Waals surface area contributed by atoms with Crippen LogP contribution < -0.4 is 29.4 Å². The maximum absolute atomic E-state index is 8.55. The summed E-state index contributed by atoms with van der Waals surface area (Å²) in [7, 11) is -10.8. The zero-order chi connectivity index (χ0) is 9.00. The van der Waals surface area contributed by atoms with Crippen LogP contribution in [-0.2, 0) is 9.13 Å². The van der Waals surface area contributed by atoms with E-state index in [1.54, 1.807) is 0 Å². The fourth-order valence-corrected chi connectivity index (χ4v) is 0. The van der Waals surface area contributed by atoms with Crippen LogP contribution in [0.2, 0.25) is 0 Å². The number of hydrogen-bond donors (Lipinski definition) is 0. The summed E-state index contributed by atoms with van der Waals surface area (Å²) >= 11 is 0. The van der Waals surface area contributed by atoms with E-state index in [9.17, 15) is 0 Å². The average molecular weight is 287 g/mol. The minimum atomic E-state index is -5.39. The van der Waals surface area contributed by atoms with Crippen LogP contribution in [0.3, 0.4) is 0 Å². The number of hydrogen-bond acceptors (Lipinski definition) is 8. The third kappa shape index (κ3) is 289. The molecule has 0 fully saturated rings. The molecule has 0 unspecified atom stereocenters. The summed E-state index contributed by atoms with van der Waals surface area (Å²) in [6.45, 7) is 0. The Balaban J connectivity index is -0.0000000178. The van der Waals surface area contributed by atoms with Crippen molar-refractivity contribution in [2.75, 3.05) is 0 Å². The Morgan fingerprint density at radius 2 is 0.500 bits per heavy atom. The second-order valence-electron chi connectivity index (χ2n) is 0.894. The molecule has 0 radical (unpaired) electrons. The molecule has 0 bridgehead atoms. The summed E-state index contributed by atoms with van der Waals surface area (Å²) in [5.41, 5.74) is 0. The Morgan fingerprint density at radius 1 is 0.500 bits per heavy atom. The van der Waals surface area contributed by atoms with Crippen LogP contribution in [0.4, 0.5) is 0 Å². The van der Waals surface area contributed by atoms with Gasteiger partial charge in [0.05, 0.1) is 0 Å². The van der Waals surface area contributed by atoms with Gasteiger partial charge in [0.15, 0.2) is 0 Å². The molecule has 14 heteroatoms. The summed E-state index contributed by atoms with van der Waals surface area (Å²) < 4.78 is 17.1. The van der Waals surface area contributed by atoms with Crippen LogP contribution in [0.25, 0.3) is 0 Å². The van der Waals surface area contributed by atoms with Gasteiger partial charge in [-0.1, -0.05) is 0 Å². The summed E-state index contributed by atoms with van der Waals surface area (Å²) in [4.78, 5) is 51.3. The van der Waals surface area contributed by atoms with Crippen LogP contribution in [0, 0.1) is 0 Å². The normalized spacial score (nSPS) is 8.43. The smallest absolute Gasteiger partial charge is 0.822 e. The maximum Gasteiger partial charge on any atom is 2.00 e. The fraction of sp³-hybridized carbons (Fsp3) is 0. The molecule has 8 nitrogen and oxygen atoms in total. The monoisotopic (exact) mass is 286 g/mol. The van der Waals surface area contributed by atoms with E-state index in [2.05, 4.69) is 0 Å². The van der Waals surface area contributed by atoms with Crippen molar-refractivity contribution < 1.29 is 38.5 Å². The summed E-state index contributed by atoms with van der Waals surface area (Å²) in [5, 5.41) is 0. The molecule has 0 heterocycles. The molecule has 0 aromatic carbocycles. The van der Waals surface area contributed by atoms with Crippen molar-refractivity contribution in [2.24, 2.45) is 0 Å². The van der Waals surface area contributed by atoms with Gasteiger partial charge in [0.1, 0.15) is 0 Å².